The average molecular weight is 414 g/mol. The number of amides is 1. The second-order valence-electron chi connectivity index (χ2n) is 6.05. The molecule has 2 N–H and O–H groups in total. The van der Waals surface area contributed by atoms with Crippen molar-refractivity contribution in [2.24, 2.45) is 0 Å². The number of nitrogens with one attached hydrogen (secondary N) is 2. The number of hydrogen-bond acceptors (Lipinski definition) is 4. The third kappa shape index (κ3) is 5.32. The molecule has 0 spiro atoms. The maximum atomic E-state index is 13.0. The first-order valence-electron chi connectivity index (χ1n) is 8.80. The average Bonchev–Trinajstić information content (AvgIpc) is 2.70. The minimum atomic E-state index is -3.85. The Balaban J connectivity index is 1.66. The topological polar surface area (TPSA) is 84.5 Å². The van der Waals surface area contributed by atoms with E-state index in [0.29, 0.717) is 23.6 Å². The van der Waals surface area contributed by atoms with Crippen molar-refractivity contribution in [2.75, 3.05) is 16.6 Å². The minimum Gasteiger partial charge on any atom is -0.494 e. The number of sulfonamides is 1. The maximum Gasteiger partial charge on any atom is 0.261 e. The number of carbonyl (C=O) groups is 1. The van der Waals surface area contributed by atoms with E-state index in [0.717, 1.165) is 12.1 Å². The summed E-state index contributed by atoms with van der Waals surface area (Å²) in [5.41, 5.74) is 1.26. The van der Waals surface area contributed by atoms with Crippen LogP contribution in [0.3, 0.4) is 0 Å². The molecule has 0 radical (unpaired) electrons. The molecule has 0 fully saturated rings. The molecule has 1 amide bonds. The predicted octanol–water partition coefficient (Wildman–Crippen LogP) is 4.28. The zero-order valence-electron chi connectivity index (χ0n) is 15.6. The first-order chi connectivity index (χ1) is 13.9. The normalized spacial score (nSPS) is 11.0. The Bertz CT molecular complexity index is 1080. The Kier molecular flexibility index (Phi) is 6.13. The van der Waals surface area contributed by atoms with Gasteiger partial charge in [0, 0.05) is 16.9 Å². The van der Waals surface area contributed by atoms with E-state index in [4.69, 9.17) is 4.74 Å². The summed E-state index contributed by atoms with van der Waals surface area (Å²) in [5.74, 6) is -0.141. The highest BCUT2D eigenvalue weighted by atomic mass is 32.2. The summed E-state index contributed by atoms with van der Waals surface area (Å²) in [6.45, 7) is 2.45. The van der Waals surface area contributed by atoms with Crippen LogP contribution in [-0.2, 0) is 10.0 Å². The third-order valence-corrected chi connectivity index (χ3v) is 5.34. The molecule has 29 heavy (non-hydrogen) atoms. The summed E-state index contributed by atoms with van der Waals surface area (Å²) in [6.07, 6.45) is 0. The Labute approximate surface area is 168 Å². The first-order valence-corrected chi connectivity index (χ1v) is 10.3. The van der Waals surface area contributed by atoms with Crippen molar-refractivity contribution in [2.45, 2.75) is 11.8 Å². The Morgan fingerprint density at radius 1 is 0.897 bits per heavy atom. The van der Waals surface area contributed by atoms with Crippen LogP contribution in [0.2, 0.25) is 0 Å². The van der Waals surface area contributed by atoms with Gasteiger partial charge in [0.2, 0.25) is 0 Å². The van der Waals surface area contributed by atoms with Gasteiger partial charge in [-0.2, -0.15) is 0 Å². The van der Waals surface area contributed by atoms with Gasteiger partial charge in [0.15, 0.2) is 0 Å². The first kappa shape index (κ1) is 20.3. The van der Waals surface area contributed by atoms with Crippen LogP contribution in [0.5, 0.6) is 5.75 Å². The van der Waals surface area contributed by atoms with Gasteiger partial charge in [-0.25, -0.2) is 12.8 Å². The lowest BCUT2D eigenvalue weighted by Crippen LogP contribution is -2.14. The molecule has 0 unspecified atom stereocenters. The predicted molar refractivity (Wildman–Crippen MR) is 109 cm³/mol. The molecule has 150 valence electrons. The van der Waals surface area contributed by atoms with E-state index in [1.165, 1.54) is 36.4 Å². The van der Waals surface area contributed by atoms with E-state index < -0.39 is 15.8 Å². The van der Waals surface area contributed by atoms with E-state index in [9.17, 15) is 17.6 Å². The molecule has 3 rings (SSSR count). The smallest absolute Gasteiger partial charge is 0.261 e. The van der Waals surface area contributed by atoms with Gasteiger partial charge in [-0.15, -0.1) is 0 Å². The molecule has 6 nitrogen and oxygen atoms in total. The van der Waals surface area contributed by atoms with Gasteiger partial charge in [-0.1, -0.05) is 0 Å². The summed E-state index contributed by atoms with van der Waals surface area (Å²) in [5, 5.41) is 2.76. The number of hydrogen-bond donors (Lipinski definition) is 2. The Morgan fingerprint density at radius 2 is 1.48 bits per heavy atom. The van der Waals surface area contributed by atoms with Crippen molar-refractivity contribution >= 4 is 27.3 Å². The van der Waals surface area contributed by atoms with Gasteiger partial charge in [-0.3, -0.25) is 9.52 Å². The molecule has 0 atom stereocenters. The van der Waals surface area contributed by atoms with Crippen molar-refractivity contribution in [3.63, 3.8) is 0 Å². The molecule has 0 aromatic heterocycles. The van der Waals surface area contributed by atoms with Gasteiger partial charge >= 0.3 is 0 Å². The molecular weight excluding hydrogens is 395 g/mol. The van der Waals surface area contributed by atoms with Crippen molar-refractivity contribution in [3.05, 3.63) is 84.2 Å². The number of halogens is 1. The van der Waals surface area contributed by atoms with Crippen LogP contribution >= 0.6 is 0 Å². The zero-order chi connectivity index (χ0) is 20.9. The minimum absolute atomic E-state index is 0.0591. The van der Waals surface area contributed by atoms with Crippen molar-refractivity contribution in [1.82, 2.24) is 0 Å². The molecule has 0 saturated heterocycles. The lowest BCUT2D eigenvalue weighted by molar-refractivity contribution is 0.102. The Hall–Kier alpha value is -3.39. The van der Waals surface area contributed by atoms with Gasteiger partial charge in [0.05, 0.1) is 11.5 Å². The number of ether oxygens (including phenoxy) is 1. The van der Waals surface area contributed by atoms with E-state index >= 15 is 0 Å². The van der Waals surface area contributed by atoms with Crippen LogP contribution in [0, 0.1) is 5.82 Å². The molecule has 0 aliphatic carbocycles. The van der Waals surface area contributed by atoms with Crippen LogP contribution < -0.4 is 14.8 Å². The van der Waals surface area contributed by atoms with E-state index in [2.05, 4.69) is 10.0 Å². The van der Waals surface area contributed by atoms with Gasteiger partial charge < -0.3 is 10.1 Å². The molecule has 3 aromatic rings. The van der Waals surface area contributed by atoms with Crippen LogP contribution in [0.4, 0.5) is 15.8 Å². The fourth-order valence-corrected chi connectivity index (χ4v) is 3.58. The molecule has 0 saturated carbocycles. The fraction of sp³-hybridized carbons (Fsp3) is 0.0952. The summed E-state index contributed by atoms with van der Waals surface area (Å²) >= 11 is 0. The van der Waals surface area contributed by atoms with Crippen LogP contribution in [0.1, 0.15) is 17.3 Å². The zero-order valence-corrected chi connectivity index (χ0v) is 16.4. The van der Waals surface area contributed by atoms with E-state index in [1.807, 2.05) is 6.92 Å². The van der Waals surface area contributed by atoms with E-state index in [1.54, 1.807) is 24.3 Å². The summed E-state index contributed by atoms with van der Waals surface area (Å²) in [6, 6.07) is 17.4. The van der Waals surface area contributed by atoms with Crippen molar-refractivity contribution in [1.29, 1.82) is 0 Å². The third-order valence-electron chi connectivity index (χ3n) is 3.95. The highest BCUT2D eigenvalue weighted by Crippen LogP contribution is 2.19. The molecule has 0 heterocycles. The van der Waals surface area contributed by atoms with Crippen LogP contribution in [0.25, 0.3) is 0 Å². The highest BCUT2D eigenvalue weighted by Gasteiger charge is 2.14. The fourth-order valence-electron chi connectivity index (χ4n) is 2.52. The monoisotopic (exact) mass is 414 g/mol. The Morgan fingerprint density at radius 3 is 2.07 bits per heavy atom. The molecular formula is C21H19FN2O4S. The lowest BCUT2D eigenvalue weighted by atomic mass is 10.2. The van der Waals surface area contributed by atoms with Gasteiger partial charge in [-0.05, 0) is 79.7 Å². The second-order valence-corrected chi connectivity index (χ2v) is 7.73. The van der Waals surface area contributed by atoms with Crippen LogP contribution in [-0.4, -0.2) is 20.9 Å². The van der Waals surface area contributed by atoms with Crippen LogP contribution in [0.15, 0.2) is 77.7 Å². The lowest BCUT2D eigenvalue weighted by Gasteiger charge is -2.10. The number of carbonyl (C=O) groups excluding carboxylic acids is 1. The largest absolute Gasteiger partial charge is 0.494 e. The van der Waals surface area contributed by atoms with E-state index in [-0.39, 0.29) is 16.5 Å². The maximum absolute atomic E-state index is 13.0. The summed E-state index contributed by atoms with van der Waals surface area (Å²) in [4.78, 5) is 12.3. The highest BCUT2D eigenvalue weighted by molar-refractivity contribution is 7.92. The van der Waals surface area contributed by atoms with Crippen molar-refractivity contribution < 1.29 is 22.3 Å². The molecule has 3 aromatic carbocycles. The number of anilines is 2. The summed E-state index contributed by atoms with van der Waals surface area (Å²) < 4.78 is 45.4. The van der Waals surface area contributed by atoms with Gasteiger partial charge in [0.25, 0.3) is 15.9 Å². The standard InChI is InChI=1S/C21H19FN2O4S/c1-2-28-19-11-9-17(10-12-19)23-21(25)15-3-7-18(8-4-15)24-29(26,27)20-13-5-16(22)6-14-20/h3-14,24H,2H2,1H3,(H,23,25). The number of rotatable bonds is 7. The molecule has 8 heteroatoms. The second kappa shape index (κ2) is 8.74. The SMILES string of the molecule is CCOc1ccc(NC(=O)c2ccc(NS(=O)(=O)c3ccc(F)cc3)cc2)cc1. The van der Waals surface area contributed by atoms with Gasteiger partial charge in [0.1, 0.15) is 11.6 Å². The molecule has 0 bridgehead atoms. The summed E-state index contributed by atoms with van der Waals surface area (Å²) in [7, 11) is -3.85. The quantitative estimate of drug-likeness (QED) is 0.604. The van der Waals surface area contributed by atoms with Crippen molar-refractivity contribution in [3.8, 4) is 5.75 Å². The number of benzene rings is 3. The molecule has 0 aliphatic heterocycles. The molecule has 0 aliphatic rings.